The SMILES string of the molecule is Cc1cc2c3ccccc3c(Cl)cc2c2ccccc12. The van der Waals surface area contributed by atoms with Gasteiger partial charge in [0, 0.05) is 10.4 Å². The first-order valence-corrected chi connectivity index (χ1v) is 7.13. The lowest BCUT2D eigenvalue weighted by Gasteiger charge is -2.11. The van der Waals surface area contributed by atoms with Crippen molar-refractivity contribution in [3.63, 3.8) is 0 Å². The molecule has 0 atom stereocenters. The normalized spacial score (nSPS) is 11.5. The van der Waals surface area contributed by atoms with E-state index in [2.05, 4.69) is 61.5 Å². The predicted molar refractivity (Wildman–Crippen MR) is 88.7 cm³/mol. The quantitative estimate of drug-likeness (QED) is 0.340. The second kappa shape index (κ2) is 4.22. The van der Waals surface area contributed by atoms with Gasteiger partial charge in [-0.05, 0) is 45.5 Å². The molecule has 0 N–H and O–H groups in total. The Kier molecular flexibility index (Phi) is 2.48. The standard InChI is InChI=1S/C19H13Cl/c1-12-10-17-15-8-4-5-9-16(15)19(20)11-18(17)14-7-3-2-6-13(12)14/h2-11H,1H3. The summed E-state index contributed by atoms with van der Waals surface area (Å²) in [6.07, 6.45) is 0. The van der Waals surface area contributed by atoms with Crippen LogP contribution >= 0.6 is 11.6 Å². The molecule has 1 heteroatoms. The molecule has 0 bridgehead atoms. The number of rotatable bonds is 0. The molecule has 0 aliphatic carbocycles. The summed E-state index contributed by atoms with van der Waals surface area (Å²) < 4.78 is 0. The van der Waals surface area contributed by atoms with E-state index in [1.165, 1.54) is 32.5 Å². The Bertz CT molecular complexity index is 886. The average Bonchev–Trinajstić information content (AvgIpc) is 2.49. The maximum atomic E-state index is 6.48. The topological polar surface area (TPSA) is 0 Å². The zero-order valence-corrected chi connectivity index (χ0v) is 11.9. The molecule has 0 aliphatic heterocycles. The maximum Gasteiger partial charge on any atom is 0.0491 e. The van der Waals surface area contributed by atoms with Gasteiger partial charge in [-0.25, -0.2) is 0 Å². The van der Waals surface area contributed by atoms with E-state index in [0.717, 1.165) is 10.4 Å². The predicted octanol–water partition coefficient (Wildman–Crippen LogP) is 6.11. The Morgan fingerprint density at radius 3 is 1.80 bits per heavy atom. The first-order chi connectivity index (χ1) is 9.75. The first kappa shape index (κ1) is 11.7. The molecule has 0 spiro atoms. The van der Waals surface area contributed by atoms with E-state index < -0.39 is 0 Å². The number of hydrogen-bond donors (Lipinski definition) is 0. The van der Waals surface area contributed by atoms with Gasteiger partial charge in [0.05, 0.1) is 0 Å². The van der Waals surface area contributed by atoms with Gasteiger partial charge in [0.25, 0.3) is 0 Å². The molecule has 0 radical (unpaired) electrons. The van der Waals surface area contributed by atoms with E-state index in [1.54, 1.807) is 0 Å². The number of benzene rings is 4. The fourth-order valence-corrected chi connectivity index (χ4v) is 3.36. The minimum absolute atomic E-state index is 0.821. The Labute approximate surface area is 122 Å². The summed E-state index contributed by atoms with van der Waals surface area (Å²) in [6.45, 7) is 2.17. The van der Waals surface area contributed by atoms with Crippen molar-refractivity contribution >= 4 is 43.9 Å². The van der Waals surface area contributed by atoms with Crippen molar-refractivity contribution in [1.82, 2.24) is 0 Å². The van der Waals surface area contributed by atoms with Gasteiger partial charge in [-0.15, -0.1) is 0 Å². The molecule has 0 saturated carbocycles. The molecule has 0 heterocycles. The maximum absolute atomic E-state index is 6.48. The molecule has 0 amide bonds. The second-order valence-corrected chi connectivity index (χ2v) is 5.65. The lowest BCUT2D eigenvalue weighted by molar-refractivity contribution is 1.56. The van der Waals surface area contributed by atoms with Crippen LogP contribution in [0.4, 0.5) is 0 Å². The Balaban J connectivity index is 2.36. The molecule has 0 fully saturated rings. The van der Waals surface area contributed by atoms with E-state index in [9.17, 15) is 0 Å². The summed E-state index contributed by atoms with van der Waals surface area (Å²) in [5.74, 6) is 0. The molecule has 4 aromatic rings. The minimum Gasteiger partial charge on any atom is -0.0836 e. The summed E-state index contributed by atoms with van der Waals surface area (Å²) in [7, 11) is 0. The highest BCUT2D eigenvalue weighted by molar-refractivity contribution is 6.38. The van der Waals surface area contributed by atoms with Crippen molar-refractivity contribution in [3.8, 4) is 0 Å². The zero-order valence-electron chi connectivity index (χ0n) is 11.2. The van der Waals surface area contributed by atoms with Crippen LogP contribution in [0.1, 0.15) is 5.56 Å². The molecule has 0 nitrogen and oxygen atoms in total. The lowest BCUT2D eigenvalue weighted by Crippen LogP contribution is -1.85. The van der Waals surface area contributed by atoms with Crippen molar-refractivity contribution in [1.29, 1.82) is 0 Å². The molecule has 0 aliphatic rings. The van der Waals surface area contributed by atoms with Gasteiger partial charge in [-0.2, -0.15) is 0 Å². The summed E-state index contributed by atoms with van der Waals surface area (Å²) >= 11 is 6.48. The fraction of sp³-hybridized carbons (Fsp3) is 0.0526. The van der Waals surface area contributed by atoms with E-state index in [-0.39, 0.29) is 0 Å². The highest BCUT2D eigenvalue weighted by atomic mass is 35.5. The van der Waals surface area contributed by atoms with Crippen molar-refractivity contribution in [2.45, 2.75) is 6.92 Å². The van der Waals surface area contributed by atoms with Crippen molar-refractivity contribution in [2.24, 2.45) is 0 Å². The molecular weight excluding hydrogens is 264 g/mol. The van der Waals surface area contributed by atoms with Crippen LogP contribution in [0, 0.1) is 6.92 Å². The first-order valence-electron chi connectivity index (χ1n) is 6.75. The molecule has 4 aromatic carbocycles. The van der Waals surface area contributed by atoms with E-state index in [4.69, 9.17) is 11.6 Å². The number of fused-ring (bicyclic) bond motifs is 5. The van der Waals surface area contributed by atoms with Crippen molar-refractivity contribution in [2.75, 3.05) is 0 Å². The van der Waals surface area contributed by atoms with Crippen molar-refractivity contribution in [3.05, 3.63) is 71.2 Å². The highest BCUT2D eigenvalue weighted by Gasteiger charge is 2.09. The van der Waals surface area contributed by atoms with Crippen LogP contribution in [-0.2, 0) is 0 Å². The van der Waals surface area contributed by atoms with Gasteiger partial charge >= 0.3 is 0 Å². The molecule has 0 unspecified atom stereocenters. The van der Waals surface area contributed by atoms with Crippen LogP contribution < -0.4 is 0 Å². The Morgan fingerprint density at radius 1 is 0.600 bits per heavy atom. The summed E-state index contributed by atoms with van der Waals surface area (Å²) in [5, 5.41) is 8.25. The number of halogens is 1. The Hall–Kier alpha value is -2.05. The third-order valence-electron chi connectivity index (χ3n) is 4.04. The number of hydrogen-bond acceptors (Lipinski definition) is 0. The van der Waals surface area contributed by atoms with Gasteiger partial charge in [0.2, 0.25) is 0 Å². The van der Waals surface area contributed by atoms with Crippen LogP contribution in [0.3, 0.4) is 0 Å². The minimum atomic E-state index is 0.821. The molecule has 0 saturated heterocycles. The van der Waals surface area contributed by atoms with Crippen LogP contribution in [0.5, 0.6) is 0 Å². The highest BCUT2D eigenvalue weighted by Crippen LogP contribution is 2.36. The zero-order chi connectivity index (χ0) is 13.7. The van der Waals surface area contributed by atoms with E-state index in [0.29, 0.717) is 0 Å². The van der Waals surface area contributed by atoms with Gasteiger partial charge in [-0.3, -0.25) is 0 Å². The van der Waals surface area contributed by atoms with Crippen LogP contribution in [-0.4, -0.2) is 0 Å². The van der Waals surface area contributed by atoms with Gasteiger partial charge < -0.3 is 0 Å². The monoisotopic (exact) mass is 276 g/mol. The Morgan fingerprint density at radius 2 is 1.10 bits per heavy atom. The van der Waals surface area contributed by atoms with Crippen LogP contribution in [0.15, 0.2) is 60.7 Å². The largest absolute Gasteiger partial charge is 0.0836 e. The third-order valence-corrected chi connectivity index (χ3v) is 4.35. The van der Waals surface area contributed by atoms with Gasteiger partial charge in [0.1, 0.15) is 0 Å². The van der Waals surface area contributed by atoms with Crippen LogP contribution in [0.25, 0.3) is 32.3 Å². The molecule has 20 heavy (non-hydrogen) atoms. The van der Waals surface area contributed by atoms with E-state index in [1.807, 2.05) is 6.07 Å². The van der Waals surface area contributed by atoms with Crippen molar-refractivity contribution < 1.29 is 0 Å². The average molecular weight is 277 g/mol. The van der Waals surface area contributed by atoms with E-state index >= 15 is 0 Å². The summed E-state index contributed by atoms with van der Waals surface area (Å²) in [5.41, 5.74) is 1.31. The third kappa shape index (κ3) is 1.55. The molecule has 96 valence electrons. The van der Waals surface area contributed by atoms with Gasteiger partial charge in [-0.1, -0.05) is 66.2 Å². The summed E-state index contributed by atoms with van der Waals surface area (Å²) in [4.78, 5) is 0. The number of aryl methyl sites for hydroxylation is 1. The molecule has 0 aromatic heterocycles. The molecular formula is C19H13Cl. The summed E-state index contributed by atoms with van der Waals surface area (Å²) in [6, 6.07) is 21.2. The fourth-order valence-electron chi connectivity index (χ4n) is 3.09. The van der Waals surface area contributed by atoms with Crippen LogP contribution in [0.2, 0.25) is 5.02 Å². The molecule has 4 rings (SSSR count). The lowest BCUT2D eigenvalue weighted by atomic mass is 9.94. The van der Waals surface area contributed by atoms with Gasteiger partial charge in [0.15, 0.2) is 0 Å². The smallest absolute Gasteiger partial charge is 0.0491 e. The second-order valence-electron chi connectivity index (χ2n) is 5.24.